The summed E-state index contributed by atoms with van der Waals surface area (Å²) in [5.41, 5.74) is -0.373. The molecule has 0 unspecified atom stereocenters. The number of nitro benzene ring substituents is 1. The number of carboxylic acid groups (broad SMARTS) is 1. The van der Waals surface area contributed by atoms with Crippen LogP contribution in [0.15, 0.2) is 66.7 Å². The number of carboxylic acids is 1. The average Bonchev–Trinajstić information content (AvgIpc) is 2.92. The van der Waals surface area contributed by atoms with Gasteiger partial charge in [0.2, 0.25) is 5.91 Å². The van der Waals surface area contributed by atoms with Crippen LogP contribution in [0.4, 0.5) is 5.69 Å². The first kappa shape index (κ1) is 29.6. The van der Waals surface area contributed by atoms with Crippen LogP contribution in [0.5, 0.6) is 11.5 Å². The van der Waals surface area contributed by atoms with E-state index < -0.39 is 59.5 Å². The van der Waals surface area contributed by atoms with Crippen molar-refractivity contribution in [2.45, 2.75) is 32.4 Å². The van der Waals surface area contributed by atoms with Gasteiger partial charge in [-0.25, -0.2) is 0 Å². The Morgan fingerprint density at radius 2 is 1.50 bits per heavy atom. The molecule has 12 nitrogen and oxygen atoms in total. The molecule has 40 heavy (non-hydrogen) atoms. The lowest BCUT2D eigenvalue weighted by Crippen LogP contribution is -2.55. The number of benzene rings is 3. The molecule has 3 aromatic carbocycles. The molecule has 3 N–H and O–H groups in total. The van der Waals surface area contributed by atoms with Gasteiger partial charge in [-0.15, -0.1) is 0 Å². The van der Waals surface area contributed by atoms with Gasteiger partial charge in [0.25, 0.3) is 5.91 Å². The fraction of sp³-hybridized carbons (Fsp3) is 0.286. The van der Waals surface area contributed by atoms with Crippen molar-refractivity contribution in [2.24, 2.45) is 5.92 Å². The number of nitro groups is 1. The van der Waals surface area contributed by atoms with Gasteiger partial charge in [-0.2, -0.15) is 0 Å². The Labute approximate surface area is 229 Å². The minimum absolute atomic E-state index is 0.181. The number of fused-ring (bicyclic) bond motifs is 1. The van der Waals surface area contributed by atoms with Crippen LogP contribution < -0.4 is 20.1 Å². The molecule has 2 atom stereocenters. The van der Waals surface area contributed by atoms with Crippen LogP contribution in [-0.4, -0.2) is 58.9 Å². The quantitative estimate of drug-likeness (QED) is 0.201. The first-order chi connectivity index (χ1) is 19.1. The predicted molar refractivity (Wildman–Crippen MR) is 144 cm³/mol. The fourth-order valence-electron chi connectivity index (χ4n) is 3.88. The second-order valence-electron chi connectivity index (χ2n) is 9.19. The highest BCUT2D eigenvalue weighted by Gasteiger charge is 2.30. The number of ether oxygens (including phenoxy) is 2. The molecule has 0 bridgehead atoms. The summed E-state index contributed by atoms with van der Waals surface area (Å²) in [6.07, 6.45) is -0.756. The van der Waals surface area contributed by atoms with Crippen molar-refractivity contribution in [3.63, 3.8) is 0 Å². The molecule has 0 heterocycles. The number of aliphatic carboxylic acids is 1. The molecule has 0 aromatic heterocycles. The van der Waals surface area contributed by atoms with Crippen molar-refractivity contribution in [1.82, 2.24) is 10.6 Å². The third-order valence-electron chi connectivity index (χ3n) is 5.89. The summed E-state index contributed by atoms with van der Waals surface area (Å²) in [7, 11) is 0. The minimum atomic E-state index is -1.50. The SMILES string of the molecule is CC(C)[C@H](NC(=O)COc1cccc2ccccc12)C(=O)N[C@@H](CC(=O)O)C(=O)COc1ccccc1[N+](=O)[O-]. The summed E-state index contributed by atoms with van der Waals surface area (Å²) in [5.74, 6) is -3.67. The van der Waals surface area contributed by atoms with E-state index in [-0.39, 0.29) is 18.0 Å². The molecule has 0 saturated heterocycles. The van der Waals surface area contributed by atoms with Crippen LogP contribution in [0.25, 0.3) is 10.8 Å². The number of hydrogen-bond acceptors (Lipinski definition) is 8. The van der Waals surface area contributed by atoms with Crippen molar-refractivity contribution in [3.8, 4) is 11.5 Å². The highest BCUT2D eigenvalue weighted by atomic mass is 16.6. The van der Waals surface area contributed by atoms with Gasteiger partial charge in [-0.05, 0) is 23.4 Å². The Kier molecular flexibility index (Phi) is 10.1. The Balaban J connectivity index is 1.64. The zero-order valence-electron chi connectivity index (χ0n) is 21.9. The summed E-state index contributed by atoms with van der Waals surface area (Å²) in [6, 6.07) is 15.7. The van der Waals surface area contributed by atoms with Gasteiger partial charge in [-0.1, -0.05) is 62.4 Å². The molecule has 0 aliphatic rings. The zero-order valence-corrected chi connectivity index (χ0v) is 21.9. The number of para-hydroxylation sites is 2. The van der Waals surface area contributed by atoms with Gasteiger partial charge in [0.15, 0.2) is 18.1 Å². The molecular formula is C28H29N3O9. The number of rotatable bonds is 14. The van der Waals surface area contributed by atoms with E-state index in [9.17, 15) is 34.4 Å². The molecule has 210 valence electrons. The van der Waals surface area contributed by atoms with Crippen LogP contribution in [0.1, 0.15) is 20.3 Å². The molecule has 0 spiro atoms. The van der Waals surface area contributed by atoms with E-state index in [0.29, 0.717) is 5.75 Å². The molecule has 0 aliphatic carbocycles. The van der Waals surface area contributed by atoms with Crippen molar-refractivity contribution < 1.29 is 38.7 Å². The normalized spacial score (nSPS) is 12.3. The Hall–Kier alpha value is -5.00. The van der Waals surface area contributed by atoms with Gasteiger partial charge < -0.3 is 25.2 Å². The summed E-state index contributed by atoms with van der Waals surface area (Å²) in [4.78, 5) is 60.3. The van der Waals surface area contributed by atoms with E-state index in [1.165, 1.54) is 24.3 Å². The van der Waals surface area contributed by atoms with Crippen LogP contribution in [-0.2, 0) is 19.2 Å². The first-order valence-electron chi connectivity index (χ1n) is 12.4. The van der Waals surface area contributed by atoms with Crippen molar-refractivity contribution in [1.29, 1.82) is 0 Å². The molecule has 3 aromatic rings. The molecular weight excluding hydrogens is 522 g/mol. The summed E-state index contributed by atoms with van der Waals surface area (Å²) in [6.45, 7) is 2.23. The van der Waals surface area contributed by atoms with Crippen LogP contribution >= 0.6 is 0 Å². The maximum atomic E-state index is 13.0. The van der Waals surface area contributed by atoms with Gasteiger partial charge in [0, 0.05) is 11.5 Å². The van der Waals surface area contributed by atoms with Gasteiger partial charge in [-0.3, -0.25) is 29.3 Å². The molecule has 0 radical (unpaired) electrons. The third kappa shape index (κ3) is 8.00. The summed E-state index contributed by atoms with van der Waals surface area (Å²) in [5, 5.41) is 27.1. The highest BCUT2D eigenvalue weighted by molar-refractivity contribution is 5.95. The van der Waals surface area contributed by atoms with Crippen molar-refractivity contribution in [3.05, 3.63) is 76.8 Å². The number of hydrogen-bond donors (Lipinski definition) is 3. The second-order valence-corrected chi connectivity index (χ2v) is 9.19. The topological polar surface area (TPSA) is 174 Å². The lowest BCUT2D eigenvalue weighted by molar-refractivity contribution is -0.385. The molecule has 0 fully saturated rings. The molecule has 0 saturated carbocycles. The van der Waals surface area contributed by atoms with Gasteiger partial charge in [0.1, 0.15) is 24.4 Å². The molecule has 0 aliphatic heterocycles. The lowest BCUT2D eigenvalue weighted by Gasteiger charge is -2.24. The maximum absolute atomic E-state index is 13.0. The highest BCUT2D eigenvalue weighted by Crippen LogP contribution is 2.26. The van der Waals surface area contributed by atoms with E-state index >= 15 is 0 Å². The van der Waals surface area contributed by atoms with E-state index in [1.807, 2.05) is 30.3 Å². The number of carbonyl (C=O) groups is 4. The average molecular weight is 552 g/mol. The Bertz CT molecular complexity index is 1400. The zero-order chi connectivity index (χ0) is 29.2. The van der Waals surface area contributed by atoms with Crippen LogP contribution in [0, 0.1) is 16.0 Å². The Morgan fingerprint density at radius 1 is 0.875 bits per heavy atom. The third-order valence-corrected chi connectivity index (χ3v) is 5.89. The maximum Gasteiger partial charge on any atom is 0.310 e. The summed E-state index contributed by atoms with van der Waals surface area (Å²) < 4.78 is 10.9. The second kappa shape index (κ2) is 13.7. The van der Waals surface area contributed by atoms with Gasteiger partial charge in [0.05, 0.1) is 11.3 Å². The van der Waals surface area contributed by atoms with Crippen molar-refractivity contribution in [2.75, 3.05) is 13.2 Å². The number of ketones is 1. The first-order valence-corrected chi connectivity index (χ1v) is 12.4. The smallest absolute Gasteiger partial charge is 0.310 e. The number of nitrogens with one attached hydrogen (secondary N) is 2. The number of carbonyl (C=O) groups excluding carboxylic acids is 3. The van der Waals surface area contributed by atoms with E-state index in [4.69, 9.17) is 9.47 Å². The minimum Gasteiger partial charge on any atom is -0.483 e. The summed E-state index contributed by atoms with van der Waals surface area (Å²) >= 11 is 0. The molecule has 12 heteroatoms. The molecule has 3 rings (SSSR count). The van der Waals surface area contributed by atoms with E-state index in [2.05, 4.69) is 10.6 Å². The van der Waals surface area contributed by atoms with Gasteiger partial charge >= 0.3 is 11.7 Å². The van der Waals surface area contributed by atoms with Crippen LogP contribution in [0.3, 0.4) is 0 Å². The standard InChI is InChI=1S/C28H29N3O9/c1-17(2)27(30-25(33)16-40-23-13-7-9-18-8-3-4-10-19(18)23)28(36)29-20(14-26(34)35)22(32)15-39-24-12-6-5-11-21(24)31(37)38/h3-13,17,20,27H,14-16H2,1-2H3,(H,29,36)(H,30,33)(H,34,35)/t20-,27-/m0/s1. The Morgan fingerprint density at radius 3 is 2.20 bits per heavy atom. The lowest BCUT2D eigenvalue weighted by atomic mass is 10.0. The van der Waals surface area contributed by atoms with Crippen LogP contribution in [0.2, 0.25) is 0 Å². The predicted octanol–water partition coefficient (Wildman–Crippen LogP) is 2.88. The largest absolute Gasteiger partial charge is 0.483 e. The monoisotopic (exact) mass is 551 g/mol. The molecule has 2 amide bonds. The van der Waals surface area contributed by atoms with E-state index in [0.717, 1.165) is 10.8 Å². The van der Waals surface area contributed by atoms with E-state index in [1.54, 1.807) is 26.0 Å². The fourth-order valence-corrected chi connectivity index (χ4v) is 3.88. The van der Waals surface area contributed by atoms with Crippen molar-refractivity contribution >= 4 is 40.0 Å². The number of Topliss-reactive ketones (excluding diaryl/α,β-unsaturated/α-hetero) is 1. The number of amides is 2. The number of nitrogens with zero attached hydrogens (tertiary/aromatic N) is 1.